The number of nitrogens with two attached hydrogens (primary N) is 1. The SMILES string of the molecule is Nc1ccc2[nH]c(-c3cccc(Br)c3F)nc2n1. The summed E-state index contributed by atoms with van der Waals surface area (Å²) in [6, 6.07) is 8.47. The number of nitrogens with zero attached hydrogens (tertiary/aromatic N) is 2. The Hall–Kier alpha value is -1.95. The fourth-order valence-electron chi connectivity index (χ4n) is 1.72. The first kappa shape index (κ1) is 11.2. The standard InChI is InChI=1S/C12H8BrFN4/c13-7-3-1-2-6(10(7)14)11-16-8-4-5-9(15)17-12(8)18-11/h1-5H,(H3,15,16,17,18). The third-order valence-electron chi connectivity index (χ3n) is 2.57. The number of hydrogen-bond donors (Lipinski definition) is 2. The molecular formula is C12H8BrFN4. The van der Waals surface area contributed by atoms with Crippen LogP contribution in [-0.4, -0.2) is 15.0 Å². The number of imidazole rings is 1. The molecule has 2 aromatic heterocycles. The number of pyridine rings is 1. The monoisotopic (exact) mass is 306 g/mol. The first-order valence-corrected chi connectivity index (χ1v) is 6.01. The Labute approximate surface area is 110 Å². The van der Waals surface area contributed by atoms with Crippen LogP contribution in [0.25, 0.3) is 22.6 Å². The first-order chi connectivity index (χ1) is 8.65. The van der Waals surface area contributed by atoms with Gasteiger partial charge in [0.25, 0.3) is 0 Å². The van der Waals surface area contributed by atoms with Gasteiger partial charge in [0.2, 0.25) is 0 Å². The smallest absolute Gasteiger partial charge is 0.180 e. The number of nitrogen functional groups attached to an aromatic ring is 1. The molecule has 0 aliphatic carbocycles. The van der Waals surface area contributed by atoms with Crippen molar-refractivity contribution in [2.24, 2.45) is 0 Å². The number of benzene rings is 1. The number of H-pyrrole nitrogens is 1. The molecule has 0 amide bonds. The van der Waals surface area contributed by atoms with Crippen LogP contribution in [0, 0.1) is 5.82 Å². The van der Waals surface area contributed by atoms with Gasteiger partial charge in [0, 0.05) is 0 Å². The third-order valence-corrected chi connectivity index (χ3v) is 3.19. The van der Waals surface area contributed by atoms with Gasteiger partial charge in [-0.2, -0.15) is 0 Å². The molecule has 3 N–H and O–H groups in total. The lowest BCUT2D eigenvalue weighted by atomic mass is 10.2. The Morgan fingerprint density at radius 3 is 2.83 bits per heavy atom. The van der Waals surface area contributed by atoms with Crippen molar-refractivity contribution in [1.82, 2.24) is 15.0 Å². The quantitative estimate of drug-likeness (QED) is 0.726. The van der Waals surface area contributed by atoms with Crippen molar-refractivity contribution >= 4 is 32.9 Å². The molecule has 0 saturated carbocycles. The highest BCUT2D eigenvalue weighted by Crippen LogP contribution is 2.27. The van der Waals surface area contributed by atoms with Gasteiger partial charge < -0.3 is 10.7 Å². The Bertz CT molecular complexity index is 738. The van der Waals surface area contributed by atoms with Crippen LogP contribution in [0.2, 0.25) is 0 Å². The average Bonchev–Trinajstić information content (AvgIpc) is 2.75. The van der Waals surface area contributed by atoms with Crippen LogP contribution in [0.1, 0.15) is 0 Å². The molecule has 4 nitrogen and oxygen atoms in total. The van der Waals surface area contributed by atoms with E-state index in [1.807, 2.05) is 0 Å². The molecule has 0 radical (unpaired) electrons. The van der Waals surface area contributed by atoms with E-state index in [-0.39, 0.29) is 5.82 Å². The second kappa shape index (κ2) is 4.06. The summed E-state index contributed by atoms with van der Waals surface area (Å²) in [5.41, 5.74) is 7.17. The van der Waals surface area contributed by atoms with Crippen molar-refractivity contribution in [3.05, 3.63) is 40.6 Å². The Morgan fingerprint density at radius 2 is 2.00 bits per heavy atom. The minimum absolute atomic E-state index is 0.357. The molecule has 0 spiro atoms. The summed E-state index contributed by atoms with van der Waals surface area (Å²) in [6.07, 6.45) is 0. The van der Waals surface area contributed by atoms with Crippen molar-refractivity contribution in [3.8, 4) is 11.4 Å². The number of hydrogen-bond acceptors (Lipinski definition) is 3. The topological polar surface area (TPSA) is 67.6 Å². The lowest BCUT2D eigenvalue weighted by molar-refractivity contribution is 0.623. The maximum atomic E-state index is 13.9. The van der Waals surface area contributed by atoms with Crippen molar-refractivity contribution in [2.45, 2.75) is 0 Å². The molecule has 2 heterocycles. The first-order valence-electron chi connectivity index (χ1n) is 5.22. The Morgan fingerprint density at radius 1 is 1.17 bits per heavy atom. The predicted molar refractivity (Wildman–Crippen MR) is 71.4 cm³/mol. The highest BCUT2D eigenvalue weighted by atomic mass is 79.9. The van der Waals surface area contributed by atoms with E-state index in [4.69, 9.17) is 5.73 Å². The van der Waals surface area contributed by atoms with Crippen LogP contribution in [0.3, 0.4) is 0 Å². The average molecular weight is 307 g/mol. The number of fused-ring (bicyclic) bond motifs is 1. The molecule has 0 atom stereocenters. The molecule has 0 bridgehead atoms. The van der Waals surface area contributed by atoms with Gasteiger partial charge in [0.1, 0.15) is 17.5 Å². The summed E-state index contributed by atoms with van der Waals surface area (Å²) in [7, 11) is 0. The highest BCUT2D eigenvalue weighted by Gasteiger charge is 2.12. The van der Waals surface area contributed by atoms with E-state index in [1.54, 1.807) is 30.3 Å². The number of halogens is 2. The van der Waals surface area contributed by atoms with Gasteiger partial charge in [-0.3, -0.25) is 0 Å². The number of rotatable bonds is 1. The molecule has 0 aliphatic rings. The number of aromatic amines is 1. The minimum atomic E-state index is -0.357. The Kier molecular flexibility index (Phi) is 2.52. The van der Waals surface area contributed by atoms with E-state index in [0.717, 1.165) is 5.52 Å². The van der Waals surface area contributed by atoms with E-state index in [2.05, 4.69) is 30.9 Å². The van der Waals surface area contributed by atoms with Crippen molar-refractivity contribution in [1.29, 1.82) is 0 Å². The molecular weight excluding hydrogens is 299 g/mol. The summed E-state index contributed by atoms with van der Waals surface area (Å²) in [5.74, 6) is 0.460. The lowest BCUT2D eigenvalue weighted by Gasteiger charge is -2.00. The molecule has 3 rings (SSSR count). The van der Waals surface area contributed by atoms with Gasteiger partial charge in [-0.25, -0.2) is 14.4 Å². The fraction of sp³-hybridized carbons (Fsp3) is 0. The summed E-state index contributed by atoms with van der Waals surface area (Å²) in [5, 5.41) is 0. The molecule has 6 heteroatoms. The maximum Gasteiger partial charge on any atom is 0.180 e. The molecule has 0 unspecified atom stereocenters. The second-order valence-corrected chi connectivity index (χ2v) is 4.65. The van der Waals surface area contributed by atoms with Crippen molar-refractivity contribution < 1.29 is 4.39 Å². The van der Waals surface area contributed by atoms with Crippen LogP contribution in [-0.2, 0) is 0 Å². The third kappa shape index (κ3) is 1.74. The molecule has 3 aromatic rings. The van der Waals surface area contributed by atoms with Gasteiger partial charge >= 0.3 is 0 Å². The second-order valence-electron chi connectivity index (χ2n) is 3.79. The fourth-order valence-corrected chi connectivity index (χ4v) is 2.09. The van der Waals surface area contributed by atoms with E-state index in [0.29, 0.717) is 27.3 Å². The molecule has 90 valence electrons. The summed E-state index contributed by atoms with van der Waals surface area (Å²) in [4.78, 5) is 11.3. The largest absolute Gasteiger partial charge is 0.384 e. The normalized spacial score (nSPS) is 11.0. The zero-order chi connectivity index (χ0) is 12.7. The molecule has 0 aliphatic heterocycles. The van der Waals surface area contributed by atoms with Gasteiger partial charge in [-0.1, -0.05) is 6.07 Å². The Balaban J connectivity index is 2.22. The zero-order valence-corrected chi connectivity index (χ0v) is 10.7. The van der Waals surface area contributed by atoms with E-state index in [9.17, 15) is 4.39 Å². The van der Waals surface area contributed by atoms with Crippen molar-refractivity contribution in [2.75, 3.05) is 5.73 Å². The number of anilines is 1. The zero-order valence-electron chi connectivity index (χ0n) is 9.11. The van der Waals surface area contributed by atoms with Crippen LogP contribution in [0.4, 0.5) is 10.2 Å². The summed E-state index contributed by atoms with van der Waals surface area (Å²) in [6.45, 7) is 0. The molecule has 0 fully saturated rings. The summed E-state index contributed by atoms with van der Waals surface area (Å²) >= 11 is 3.15. The van der Waals surface area contributed by atoms with Gasteiger partial charge in [-0.05, 0) is 40.2 Å². The van der Waals surface area contributed by atoms with Gasteiger partial charge in [0.05, 0.1) is 15.6 Å². The highest BCUT2D eigenvalue weighted by molar-refractivity contribution is 9.10. The van der Waals surface area contributed by atoms with Crippen LogP contribution in [0.5, 0.6) is 0 Å². The van der Waals surface area contributed by atoms with E-state index >= 15 is 0 Å². The van der Waals surface area contributed by atoms with Crippen LogP contribution >= 0.6 is 15.9 Å². The van der Waals surface area contributed by atoms with Crippen LogP contribution < -0.4 is 5.73 Å². The molecule has 0 saturated heterocycles. The van der Waals surface area contributed by atoms with E-state index < -0.39 is 0 Å². The lowest BCUT2D eigenvalue weighted by Crippen LogP contribution is -1.89. The van der Waals surface area contributed by atoms with Gasteiger partial charge in [-0.15, -0.1) is 0 Å². The van der Waals surface area contributed by atoms with Crippen molar-refractivity contribution in [3.63, 3.8) is 0 Å². The maximum absolute atomic E-state index is 13.9. The van der Waals surface area contributed by atoms with E-state index in [1.165, 1.54) is 0 Å². The van der Waals surface area contributed by atoms with Crippen LogP contribution in [0.15, 0.2) is 34.8 Å². The predicted octanol–water partition coefficient (Wildman–Crippen LogP) is 3.11. The number of aromatic nitrogens is 3. The molecule has 1 aromatic carbocycles. The minimum Gasteiger partial charge on any atom is -0.384 e. The van der Waals surface area contributed by atoms with Gasteiger partial charge in [0.15, 0.2) is 5.65 Å². The summed E-state index contributed by atoms with van der Waals surface area (Å²) < 4.78 is 14.3. The number of nitrogens with one attached hydrogen (secondary N) is 1. The molecule has 18 heavy (non-hydrogen) atoms.